The van der Waals surface area contributed by atoms with Gasteiger partial charge in [0.15, 0.2) is 0 Å². The van der Waals surface area contributed by atoms with E-state index >= 15 is 0 Å². The molecular weight excluding hydrogens is 374 g/mol. The Morgan fingerprint density at radius 1 is 0.920 bits per heavy atom. The Morgan fingerprint density at radius 3 is 2.08 bits per heavy atom. The third-order valence-electron chi connectivity index (χ3n) is 3.34. The molecule has 0 fully saturated rings. The summed E-state index contributed by atoms with van der Waals surface area (Å²) in [7, 11) is -6.23. The minimum atomic E-state index is -4.15. The molecule has 25 heavy (non-hydrogen) atoms. The zero-order valence-corrected chi connectivity index (χ0v) is 14.8. The molecule has 0 unspecified atom stereocenters. The Labute approximate surface area is 145 Å². The highest BCUT2D eigenvalue weighted by molar-refractivity contribution is 7.89. The van der Waals surface area contributed by atoms with E-state index in [1.807, 2.05) is 0 Å². The maximum absolute atomic E-state index is 13.6. The van der Waals surface area contributed by atoms with E-state index in [1.165, 1.54) is 7.05 Å². The Balaban J connectivity index is 2.08. The molecule has 2 N–H and O–H groups in total. The molecule has 0 heterocycles. The summed E-state index contributed by atoms with van der Waals surface area (Å²) in [5.74, 6) is -2.25. The fraction of sp³-hybridized carbons (Fsp3) is 0.200. The summed E-state index contributed by atoms with van der Waals surface area (Å²) in [5, 5.41) is 0. The molecule has 10 heteroatoms. The summed E-state index contributed by atoms with van der Waals surface area (Å²) in [4.78, 5) is -0.648. The highest BCUT2D eigenvalue weighted by Gasteiger charge is 2.19. The van der Waals surface area contributed by atoms with Gasteiger partial charge in [0.1, 0.15) is 16.5 Å². The molecule has 0 amide bonds. The van der Waals surface area contributed by atoms with E-state index in [9.17, 15) is 25.6 Å². The average Bonchev–Trinajstić information content (AvgIpc) is 2.53. The lowest BCUT2D eigenvalue weighted by Crippen LogP contribution is -2.24. The molecule has 0 saturated carbocycles. The van der Waals surface area contributed by atoms with Crippen molar-refractivity contribution in [1.82, 2.24) is 9.44 Å². The largest absolute Gasteiger partial charge is 0.243 e. The van der Waals surface area contributed by atoms with E-state index in [-0.39, 0.29) is 12.3 Å². The standard InChI is InChI=1S/C15H16F2N2O4S2/c1-18-24(20,21)10-12-4-2-11(3-5-12)9-19-25(22,23)15-7-6-13(16)8-14(15)17/h2-8,18-19H,9-10H2,1H3. The van der Waals surface area contributed by atoms with Gasteiger partial charge in [-0.2, -0.15) is 0 Å². The molecule has 0 spiro atoms. The number of hydrogen-bond acceptors (Lipinski definition) is 4. The van der Waals surface area contributed by atoms with Gasteiger partial charge in [-0.25, -0.2) is 35.1 Å². The zero-order chi connectivity index (χ0) is 18.7. The van der Waals surface area contributed by atoms with Crippen LogP contribution in [0.25, 0.3) is 0 Å². The molecule has 0 atom stereocenters. The lowest BCUT2D eigenvalue weighted by Gasteiger charge is -2.09. The van der Waals surface area contributed by atoms with Crippen molar-refractivity contribution in [1.29, 1.82) is 0 Å². The fourth-order valence-electron chi connectivity index (χ4n) is 1.99. The van der Waals surface area contributed by atoms with Crippen molar-refractivity contribution in [3.8, 4) is 0 Å². The second kappa shape index (κ2) is 7.56. The van der Waals surface area contributed by atoms with Crippen LogP contribution in [0.3, 0.4) is 0 Å². The first-order valence-corrected chi connectivity index (χ1v) is 10.2. The monoisotopic (exact) mass is 390 g/mol. The summed E-state index contributed by atoms with van der Waals surface area (Å²) < 4.78 is 77.9. The summed E-state index contributed by atoms with van der Waals surface area (Å²) in [6.07, 6.45) is 0. The van der Waals surface area contributed by atoms with Crippen LogP contribution in [0.15, 0.2) is 47.4 Å². The van der Waals surface area contributed by atoms with E-state index in [0.29, 0.717) is 17.2 Å². The van der Waals surface area contributed by atoms with E-state index in [1.54, 1.807) is 24.3 Å². The van der Waals surface area contributed by atoms with Gasteiger partial charge in [0.05, 0.1) is 5.75 Å². The smallest absolute Gasteiger partial charge is 0.218 e. The maximum Gasteiger partial charge on any atom is 0.243 e. The van der Waals surface area contributed by atoms with E-state index in [4.69, 9.17) is 0 Å². The molecule has 2 aromatic rings. The number of halogens is 2. The van der Waals surface area contributed by atoms with Crippen LogP contribution in [0.4, 0.5) is 8.78 Å². The van der Waals surface area contributed by atoms with Crippen LogP contribution in [-0.4, -0.2) is 23.9 Å². The number of sulfonamides is 2. The van der Waals surface area contributed by atoms with Crippen molar-refractivity contribution in [2.75, 3.05) is 7.05 Å². The average molecular weight is 390 g/mol. The van der Waals surface area contributed by atoms with Gasteiger partial charge >= 0.3 is 0 Å². The van der Waals surface area contributed by atoms with Crippen LogP contribution in [0.2, 0.25) is 0 Å². The molecule has 0 bridgehead atoms. The van der Waals surface area contributed by atoms with Crippen LogP contribution >= 0.6 is 0 Å². The van der Waals surface area contributed by atoms with Crippen molar-refractivity contribution in [2.45, 2.75) is 17.2 Å². The van der Waals surface area contributed by atoms with Crippen LogP contribution in [0.1, 0.15) is 11.1 Å². The van der Waals surface area contributed by atoms with Gasteiger partial charge in [-0.15, -0.1) is 0 Å². The second-order valence-electron chi connectivity index (χ2n) is 5.18. The molecule has 136 valence electrons. The van der Waals surface area contributed by atoms with Crippen molar-refractivity contribution >= 4 is 20.0 Å². The SMILES string of the molecule is CNS(=O)(=O)Cc1ccc(CNS(=O)(=O)c2ccc(F)cc2F)cc1. The van der Waals surface area contributed by atoms with E-state index in [0.717, 1.165) is 12.1 Å². The maximum atomic E-state index is 13.6. The highest BCUT2D eigenvalue weighted by atomic mass is 32.2. The predicted molar refractivity (Wildman–Crippen MR) is 88.5 cm³/mol. The summed E-state index contributed by atoms with van der Waals surface area (Å²) in [6.45, 7) is -0.127. The number of rotatable bonds is 7. The molecule has 0 aliphatic heterocycles. The summed E-state index contributed by atoms with van der Waals surface area (Å²) in [6, 6.07) is 8.42. The van der Waals surface area contributed by atoms with E-state index in [2.05, 4.69) is 9.44 Å². The third kappa shape index (κ3) is 5.30. The lowest BCUT2D eigenvalue weighted by molar-refractivity contribution is 0.543. The first-order valence-electron chi connectivity index (χ1n) is 7.07. The number of hydrogen-bond donors (Lipinski definition) is 2. The topological polar surface area (TPSA) is 92.3 Å². The van der Waals surface area contributed by atoms with Crippen molar-refractivity contribution < 1.29 is 25.6 Å². The summed E-state index contributed by atoms with van der Waals surface area (Å²) >= 11 is 0. The molecule has 0 radical (unpaired) electrons. The third-order valence-corrected chi connectivity index (χ3v) is 6.11. The number of benzene rings is 2. The first-order chi connectivity index (χ1) is 11.6. The van der Waals surface area contributed by atoms with Gasteiger partial charge in [-0.1, -0.05) is 24.3 Å². The molecule has 6 nitrogen and oxygen atoms in total. The quantitative estimate of drug-likeness (QED) is 0.749. The van der Waals surface area contributed by atoms with Gasteiger partial charge in [0.2, 0.25) is 20.0 Å². The molecule has 2 aromatic carbocycles. The van der Waals surface area contributed by atoms with E-state index < -0.39 is 36.6 Å². The van der Waals surface area contributed by atoms with Crippen molar-refractivity contribution in [3.05, 3.63) is 65.2 Å². The molecular formula is C15H16F2N2O4S2. The molecule has 0 saturated heterocycles. The van der Waals surface area contributed by atoms with Gasteiger partial charge in [-0.3, -0.25) is 0 Å². The molecule has 0 aliphatic carbocycles. The lowest BCUT2D eigenvalue weighted by atomic mass is 10.1. The van der Waals surface area contributed by atoms with Crippen LogP contribution in [0, 0.1) is 11.6 Å². The van der Waals surface area contributed by atoms with Gasteiger partial charge < -0.3 is 0 Å². The van der Waals surface area contributed by atoms with Gasteiger partial charge in [-0.05, 0) is 30.3 Å². The Kier molecular flexibility index (Phi) is 5.88. The predicted octanol–water partition coefficient (Wildman–Crippen LogP) is 1.49. The highest BCUT2D eigenvalue weighted by Crippen LogP contribution is 2.16. The number of nitrogens with one attached hydrogen (secondary N) is 2. The minimum absolute atomic E-state index is 0.127. The fourth-order valence-corrected chi connectivity index (χ4v) is 3.84. The molecule has 0 aliphatic rings. The Hall–Kier alpha value is -1.88. The zero-order valence-electron chi connectivity index (χ0n) is 13.2. The Bertz CT molecular complexity index is 960. The van der Waals surface area contributed by atoms with Gasteiger partial charge in [0.25, 0.3) is 0 Å². The molecule has 0 aromatic heterocycles. The second-order valence-corrected chi connectivity index (χ2v) is 8.84. The van der Waals surface area contributed by atoms with Crippen LogP contribution < -0.4 is 9.44 Å². The first kappa shape index (κ1) is 19.4. The van der Waals surface area contributed by atoms with Crippen LogP contribution in [0.5, 0.6) is 0 Å². The minimum Gasteiger partial charge on any atom is -0.218 e. The van der Waals surface area contributed by atoms with Crippen molar-refractivity contribution in [3.63, 3.8) is 0 Å². The van der Waals surface area contributed by atoms with Gasteiger partial charge in [0, 0.05) is 12.6 Å². The summed E-state index contributed by atoms with van der Waals surface area (Å²) in [5.41, 5.74) is 1.09. The van der Waals surface area contributed by atoms with Crippen molar-refractivity contribution in [2.24, 2.45) is 0 Å². The normalized spacial score (nSPS) is 12.3. The van der Waals surface area contributed by atoms with Crippen LogP contribution in [-0.2, 0) is 32.3 Å². The molecule has 2 rings (SSSR count). The Morgan fingerprint density at radius 2 is 1.52 bits per heavy atom.